The fourth-order valence-electron chi connectivity index (χ4n) is 1.47. The third kappa shape index (κ3) is 4.47. The second-order valence-corrected chi connectivity index (χ2v) is 6.08. The van der Waals surface area contributed by atoms with Crippen LogP contribution in [0.3, 0.4) is 0 Å². The number of nitrogens with two attached hydrogens (primary N) is 1. The van der Waals surface area contributed by atoms with Gasteiger partial charge in [0.05, 0.1) is 4.92 Å². The predicted octanol–water partition coefficient (Wildman–Crippen LogP) is 2.95. The van der Waals surface area contributed by atoms with Gasteiger partial charge in [0, 0.05) is 23.6 Å². The molecule has 1 rings (SSSR count). The average molecular weight is 300 g/mol. The molecular weight excluding hydrogens is 282 g/mol. The lowest BCUT2D eigenvalue weighted by molar-refractivity contribution is -0.383. The fraction of sp³-hybridized carbons (Fsp3) is 0.462. The minimum atomic E-state index is -0.574. The summed E-state index contributed by atoms with van der Waals surface area (Å²) in [6.07, 6.45) is 0.0766. The molecule has 1 aromatic rings. The molecule has 0 radical (unpaired) electrons. The summed E-state index contributed by atoms with van der Waals surface area (Å²) in [7, 11) is 0. The molecule has 0 spiro atoms. The number of benzene rings is 1. The highest BCUT2D eigenvalue weighted by atomic mass is 35.5. The molecular formula is C13H18ClN3O3. The number of nitrogens with one attached hydrogen (secondary N) is 1. The zero-order valence-corrected chi connectivity index (χ0v) is 12.4. The summed E-state index contributed by atoms with van der Waals surface area (Å²) in [5.41, 5.74) is 5.56. The van der Waals surface area contributed by atoms with Gasteiger partial charge in [0.15, 0.2) is 0 Å². The minimum Gasteiger partial charge on any atom is -0.327 e. The van der Waals surface area contributed by atoms with Gasteiger partial charge in [0.1, 0.15) is 5.69 Å². The van der Waals surface area contributed by atoms with Crippen LogP contribution in [0.15, 0.2) is 18.2 Å². The average Bonchev–Trinajstić information content (AvgIpc) is 2.26. The van der Waals surface area contributed by atoms with Crippen molar-refractivity contribution in [1.29, 1.82) is 0 Å². The largest absolute Gasteiger partial charge is 0.327 e. The van der Waals surface area contributed by atoms with Crippen LogP contribution in [0.2, 0.25) is 5.02 Å². The van der Waals surface area contributed by atoms with Gasteiger partial charge >= 0.3 is 0 Å². The Morgan fingerprint density at radius 3 is 2.60 bits per heavy atom. The molecule has 3 N–H and O–H groups in total. The first-order valence-corrected chi connectivity index (χ1v) is 6.48. The number of nitro benzene ring substituents is 1. The van der Waals surface area contributed by atoms with Crippen molar-refractivity contribution in [3.63, 3.8) is 0 Å². The quantitative estimate of drug-likeness (QED) is 0.659. The Bertz CT molecular complexity index is 526. The Kier molecular flexibility index (Phi) is 5.08. The second-order valence-electron chi connectivity index (χ2n) is 5.64. The van der Waals surface area contributed by atoms with Gasteiger partial charge in [-0.2, -0.15) is 0 Å². The van der Waals surface area contributed by atoms with E-state index in [4.69, 9.17) is 17.3 Å². The summed E-state index contributed by atoms with van der Waals surface area (Å²) >= 11 is 5.78. The van der Waals surface area contributed by atoms with E-state index in [0.29, 0.717) is 5.02 Å². The summed E-state index contributed by atoms with van der Waals surface area (Å²) in [6, 6.07) is 3.65. The molecule has 0 bridgehead atoms. The molecule has 0 saturated heterocycles. The number of carbonyl (C=O) groups is 1. The van der Waals surface area contributed by atoms with Crippen LogP contribution in [0.1, 0.15) is 27.2 Å². The maximum Gasteiger partial charge on any atom is 0.292 e. The van der Waals surface area contributed by atoms with Crippen LogP contribution in [0, 0.1) is 15.5 Å². The summed E-state index contributed by atoms with van der Waals surface area (Å²) < 4.78 is 0. The second kappa shape index (κ2) is 6.19. The lowest BCUT2D eigenvalue weighted by atomic mass is 9.85. The summed E-state index contributed by atoms with van der Waals surface area (Å²) in [4.78, 5) is 22.2. The van der Waals surface area contributed by atoms with Crippen molar-refractivity contribution in [3.05, 3.63) is 33.3 Å². The van der Waals surface area contributed by atoms with Gasteiger partial charge in [0.2, 0.25) is 5.91 Å². The van der Waals surface area contributed by atoms with Crippen molar-refractivity contribution in [1.82, 2.24) is 0 Å². The third-order valence-corrected chi connectivity index (χ3v) is 3.18. The number of hydrogen-bond acceptors (Lipinski definition) is 4. The number of nitrogens with zero attached hydrogens (tertiary/aromatic N) is 1. The van der Waals surface area contributed by atoms with Crippen LogP contribution in [-0.2, 0) is 4.79 Å². The highest BCUT2D eigenvalue weighted by molar-refractivity contribution is 6.31. The highest BCUT2D eigenvalue weighted by Gasteiger charge is 2.24. The smallest absolute Gasteiger partial charge is 0.292 e. The van der Waals surface area contributed by atoms with E-state index in [1.54, 1.807) is 0 Å². The number of hydrogen-bond donors (Lipinski definition) is 2. The maximum absolute atomic E-state index is 11.9. The zero-order chi connectivity index (χ0) is 15.5. The molecule has 6 nitrogen and oxygen atoms in total. The maximum atomic E-state index is 11.9. The van der Waals surface area contributed by atoms with Gasteiger partial charge in [-0.05, 0) is 17.5 Å². The van der Waals surface area contributed by atoms with E-state index >= 15 is 0 Å². The molecule has 0 aliphatic carbocycles. The van der Waals surface area contributed by atoms with Gasteiger partial charge in [-0.1, -0.05) is 32.4 Å². The molecule has 0 fully saturated rings. The number of rotatable bonds is 4. The zero-order valence-electron chi connectivity index (χ0n) is 11.6. The van der Waals surface area contributed by atoms with Crippen molar-refractivity contribution < 1.29 is 9.72 Å². The fourth-order valence-corrected chi connectivity index (χ4v) is 1.65. The molecule has 1 amide bonds. The molecule has 20 heavy (non-hydrogen) atoms. The number of carbonyl (C=O) groups excluding carboxylic acids is 1. The summed E-state index contributed by atoms with van der Waals surface area (Å²) in [5.74, 6) is -0.377. The molecule has 1 unspecified atom stereocenters. The number of amides is 1. The molecule has 0 saturated carbocycles. The van der Waals surface area contributed by atoms with Crippen LogP contribution >= 0.6 is 11.6 Å². The van der Waals surface area contributed by atoms with Crippen LogP contribution < -0.4 is 11.1 Å². The Morgan fingerprint density at radius 2 is 2.10 bits per heavy atom. The van der Waals surface area contributed by atoms with Gasteiger partial charge in [-0.3, -0.25) is 14.9 Å². The number of nitro groups is 1. The molecule has 1 atom stereocenters. The first-order chi connectivity index (χ1) is 9.11. The first-order valence-electron chi connectivity index (χ1n) is 6.10. The Balaban J connectivity index is 2.86. The van der Waals surface area contributed by atoms with Crippen LogP contribution in [-0.4, -0.2) is 16.9 Å². The van der Waals surface area contributed by atoms with E-state index in [9.17, 15) is 14.9 Å². The van der Waals surface area contributed by atoms with Crippen molar-refractivity contribution in [2.75, 3.05) is 5.32 Å². The standard InChI is InChI=1S/C13H18ClN3O3/c1-13(2,3)11(15)7-12(18)16-9-6-8(14)4-5-10(9)17(19)20/h4-6,11H,7,15H2,1-3H3,(H,16,18). The Labute approximate surface area is 122 Å². The van der Waals surface area contributed by atoms with Crippen molar-refractivity contribution in [2.24, 2.45) is 11.1 Å². The topological polar surface area (TPSA) is 98.3 Å². The molecule has 7 heteroatoms. The van der Waals surface area contributed by atoms with Gasteiger partial charge in [-0.15, -0.1) is 0 Å². The van der Waals surface area contributed by atoms with Gasteiger partial charge < -0.3 is 11.1 Å². The van der Waals surface area contributed by atoms with E-state index in [2.05, 4.69) is 5.32 Å². The van der Waals surface area contributed by atoms with Crippen molar-refractivity contribution in [2.45, 2.75) is 33.2 Å². The van der Waals surface area contributed by atoms with E-state index < -0.39 is 4.92 Å². The molecule has 0 aliphatic rings. The molecule has 0 heterocycles. The monoisotopic (exact) mass is 299 g/mol. The Hall–Kier alpha value is -1.66. The van der Waals surface area contributed by atoms with E-state index in [0.717, 1.165) is 0 Å². The van der Waals surface area contributed by atoms with Crippen LogP contribution in [0.25, 0.3) is 0 Å². The molecule has 0 aliphatic heterocycles. The lowest BCUT2D eigenvalue weighted by Gasteiger charge is -2.26. The normalized spacial score (nSPS) is 12.8. The van der Waals surface area contributed by atoms with Crippen LogP contribution in [0.4, 0.5) is 11.4 Å². The molecule has 110 valence electrons. The van der Waals surface area contributed by atoms with E-state index in [1.807, 2.05) is 20.8 Å². The van der Waals surface area contributed by atoms with E-state index in [1.165, 1.54) is 18.2 Å². The van der Waals surface area contributed by atoms with Crippen molar-refractivity contribution >= 4 is 28.9 Å². The highest BCUT2D eigenvalue weighted by Crippen LogP contribution is 2.28. The predicted molar refractivity (Wildman–Crippen MR) is 78.8 cm³/mol. The first kappa shape index (κ1) is 16.4. The SMILES string of the molecule is CC(C)(C)C(N)CC(=O)Nc1cc(Cl)ccc1[N+](=O)[O-]. The number of halogens is 1. The third-order valence-electron chi connectivity index (χ3n) is 2.95. The number of anilines is 1. The molecule has 1 aromatic carbocycles. The summed E-state index contributed by atoms with van der Waals surface area (Å²) in [6.45, 7) is 5.77. The summed E-state index contributed by atoms with van der Waals surface area (Å²) in [5, 5.41) is 13.7. The Morgan fingerprint density at radius 1 is 1.50 bits per heavy atom. The van der Waals surface area contributed by atoms with Crippen molar-refractivity contribution in [3.8, 4) is 0 Å². The van der Waals surface area contributed by atoms with Gasteiger partial charge in [0.25, 0.3) is 5.69 Å². The van der Waals surface area contributed by atoms with Gasteiger partial charge in [-0.25, -0.2) is 0 Å². The van der Waals surface area contributed by atoms with E-state index in [-0.39, 0.29) is 35.2 Å². The lowest BCUT2D eigenvalue weighted by Crippen LogP contribution is -2.38. The molecule has 0 aromatic heterocycles. The minimum absolute atomic E-state index is 0.0766. The van der Waals surface area contributed by atoms with Crippen LogP contribution in [0.5, 0.6) is 0 Å².